The average molecular weight is 977 g/mol. The van der Waals surface area contributed by atoms with Crippen LogP contribution in [0.15, 0.2) is 0 Å². The number of hydrogen-bond donors (Lipinski definition) is 9. The normalized spacial score (nSPS) is 32.6. The molecule has 12 atom stereocenters. The number of ketones is 1. The van der Waals surface area contributed by atoms with Crippen LogP contribution in [0.3, 0.4) is 0 Å². The zero-order valence-electron chi connectivity index (χ0n) is 41.1. The van der Waals surface area contributed by atoms with Crippen LogP contribution in [-0.4, -0.2) is 202 Å². The molecule has 69 heavy (non-hydrogen) atoms. The van der Waals surface area contributed by atoms with Crippen molar-refractivity contribution >= 4 is 47.3 Å². The number of carbonyl (C=O) groups excluding carboxylic acids is 5. The minimum atomic E-state index is -1.05. The van der Waals surface area contributed by atoms with E-state index in [1.165, 1.54) is 6.92 Å². The molecule has 390 valence electrons. The van der Waals surface area contributed by atoms with Crippen molar-refractivity contribution in [3.05, 3.63) is 0 Å². The van der Waals surface area contributed by atoms with E-state index >= 15 is 0 Å². The Morgan fingerprint density at radius 2 is 1.20 bits per heavy atom. The van der Waals surface area contributed by atoms with Gasteiger partial charge >= 0.3 is 17.9 Å². The predicted molar refractivity (Wildman–Crippen MR) is 251 cm³/mol. The Kier molecular flexibility index (Phi) is 19.9. The van der Waals surface area contributed by atoms with E-state index in [9.17, 15) is 63.9 Å². The molecule has 0 unspecified atom stereocenters. The zero-order chi connectivity index (χ0) is 50.8. The monoisotopic (exact) mass is 977 g/mol. The Morgan fingerprint density at radius 3 is 1.71 bits per heavy atom. The number of hydrogen-bond acceptors (Lipinski definition) is 14. The van der Waals surface area contributed by atoms with Gasteiger partial charge in [0.15, 0.2) is 5.78 Å². The topological polar surface area (TPSA) is 313 Å². The van der Waals surface area contributed by atoms with Crippen molar-refractivity contribution in [1.29, 1.82) is 0 Å². The number of aliphatic carboxylic acids is 3. The molecule has 4 aliphatic carbocycles. The number of fused-ring (bicyclic) bond motifs is 5. The smallest absolute Gasteiger partial charge is 0.317 e. The van der Waals surface area contributed by atoms with Gasteiger partial charge in [0.2, 0.25) is 23.6 Å². The van der Waals surface area contributed by atoms with Crippen LogP contribution in [0.1, 0.15) is 98.3 Å². The highest BCUT2D eigenvalue weighted by Gasteiger charge is 2.65. The summed E-state index contributed by atoms with van der Waals surface area (Å²) in [5.41, 5.74) is 4.65. The van der Waals surface area contributed by atoms with Crippen LogP contribution in [-0.2, 0) is 38.4 Å². The lowest BCUT2D eigenvalue weighted by atomic mass is 9.43. The maximum atomic E-state index is 13.3. The van der Waals surface area contributed by atoms with E-state index in [0.29, 0.717) is 32.1 Å². The van der Waals surface area contributed by atoms with Crippen molar-refractivity contribution in [2.75, 3.05) is 85.1 Å². The number of nitrogens with two attached hydrogens (primary N) is 1. The number of Topliss-reactive ketones (excluding diaryl/α,β-unsaturated/α-hetero) is 1. The van der Waals surface area contributed by atoms with Gasteiger partial charge in [0.25, 0.3) is 0 Å². The first-order chi connectivity index (χ1) is 32.5. The summed E-state index contributed by atoms with van der Waals surface area (Å²) in [5, 5.41) is 61.2. The summed E-state index contributed by atoms with van der Waals surface area (Å²) in [6.45, 7) is 8.80. The van der Waals surface area contributed by atoms with Gasteiger partial charge in [0, 0.05) is 71.2 Å². The Labute approximate surface area is 405 Å². The summed E-state index contributed by atoms with van der Waals surface area (Å²) in [4.78, 5) is 105. The van der Waals surface area contributed by atoms with Crippen LogP contribution in [0.2, 0.25) is 0 Å². The number of carboxylic acids is 3. The van der Waals surface area contributed by atoms with Crippen LogP contribution in [0.4, 0.5) is 0 Å². The van der Waals surface area contributed by atoms with E-state index in [1.54, 1.807) is 19.6 Å². The number of carboxylic acid groups (broad SMARTS) is 3. The van der Waals surface area contributed by atoms with Crippen molar-refractivity contribution in [3.8, 4) is 0 Å². The molecule has 0 spiro atoms. The van der Waals surface area contributed by atoms with Gasteiger partial charge in [-0.25, -0.2) is 0 Å². The molecule has 10 N–H and O–H groups in total. The molecule has 5 fully saturated rings. The number of nitrogens with zero attached hydrogens (tertiary/aromatic N) is 4. The fraction of sp³-hybridized carbons (Fsp3) is 0.833. The molecule has 5 rings (SSSR count). The maximum absolute atomic E-state index is 13.3. The van der Waals surface area contributed by atoms with Crippen molar-refractivity contribution in [2.24, 2.45) is 52.1 Å². The maximum Gasteiger partial charge on any atom is 0.317 e. The van der Waals surface area contributed by atoms with Gasteiger partial charge in [-0.3, -0.25) is 58.0 Å². The number of nitrogens with one attached hydrogen (secondary N) is 3. The predicted octanol–water partition coefficient (Wildman–Crippen LogP) is -0.581. The Morgan fingerprint density at radius 1 is 0.667 bits per heavy atom. The molecular formula is C48H80N8O13. The second-order valence-corrected chi connectivity index (χ2v) is 21.5. The molecule has 1 heterocycles. The minimum Gasteiger partial charge on any atom is -0.480 e. The molecule has 1 aliphatic heterocycles. The number of aliphatic hydroxyl groups excluding tert-OH is 2. The second-order valence-electron chi connectivity index (χ2n) is 21.5. The molecule has 1 saturated heterocycles. The third-order valence-electron chi connectivity index (χ3n) is 17.1. The van der Waals surface area contributed by atoms with Gasteiger partial charge in [0.1, 0.15) is 0 Å². The Balaban J connectivity index is 1.13. The average Bonchev–Trinajstić information content (AvgIpc) is 3.62. The van der Waals surface area contributed by atoms with Gasteiger partial charge < -0.3 is 47.2 Å². The SMILES string of the molecule is CC(=O)[C@H](CCC(N)=O)NC(=O)CC[C@@H](C)[C@H]1CC[C@@H]2[C@@H]3[C@H](O)C[C@@H]4C[C@@H](NC(=O)CNC(=O)CN5CCN(CC(=O)O)CCN(CC(=O)O)CCN(CC(=O)O)CC5)CC[C@]4(C)[C@H]3C[C@H](O)[C@@]21C. The standard InChI is InChI=1S/C48H80N8O13/c1-29(5-10-40(61)52-36(30(2)57)8-9-39(49)60)33-6-7-34-46-35(23-38(59)48(33,34)4)47(3)12-11-32(21-31(47)22-37(46)58)51-41(62)24-50-42(63)25-53-13-15-54(26-43(64)65)17-19-56(28-45(68)69)20-18-55(16-14-53)27-44(66)67/h29,31-38,46,58-59H,5-28H2,1-4H3,(H2,49,60)(H,50,63)(H,51,62)(H,52,61)(H,64,65)(H,66,67)(H,68,69)/t29-,31+,32+,33-,34-,35+,36+,37-,38+,46+,47+,48-/m1/s1. The summed E-state index contributed by atoms with van der Waals surface area (Å²) in [5.74, 6) is -4.42. The second kappa shape index (κ2) is 24.7. The molecule has 0 bridgehead atoms. The quantitative estimate of drug-likeness (QED) is 0.0737. The number of aliphatic hydroxyl groups is 2. The first-order valence-electron chi connectivity index (χ1n) is 25.0. The van der Waals surface area contributed by atoms with Gasteiger partial charge in [0.05, 0.1) is 51.0 Å². The summed E-state index contributed by atoms with van der Waals surface area (Å²) < 4.78 is 0. The van der Waals surface area contributed by atoms with Crippen LogP contribution in [0, 0.1) is 46.3 Å². The molecule has 4 saturated carbocycles. The van der Waals surface area contributed by atoms with Crippen molar-refractivity contribution in [1.82, 2.24) is 35.6 Å². The van der Waals surface area contributed by atoms with Gasteiger partial charge in [-0.1, -0.05) is 20.8 Å². The van der Waals surface area contributed by atoms with Crippen molar-refractivity contribution in [2.45, 2.75) is 123 Å². The highest BCUT2D eigenvalue weighted by molar-refractivity contribution is 5.88. The van der Waals surface area contributed by atoms with E-state index in [2.05, 4.69) is 36.7 Å². The summed E-state index contributed by atoms with van der Waals surface area (Å²) in [6.07, 6.45) is 4.82. The van der Waals surface area contributed by atoms with Crippen molar-refractivity contribution < 1.29 is 63.9 Å². The molecular weight excluding hydrogens is 897 g/mol. The van der Waals surface area contributed by atoms with Crippen LogP contribution in [0.25, 0.3) is 0 Å². The number of rotatable bonds is 20. The van der Waals surface area contributed by atoms with E-state index < -0.39 is 53.4 Å². The molecule has 0 radical (unpaired) electrons. The van der Waals surface area contributed by atoms with Crippen LogP contribution in [0.5, 0.6) is 0 Å². The highest BCUT2D eigenvalue weighted by atomic mass is 16.4. The Hall–Kier alpha value is -4.28. The summed E-state index contributed by atoms with van der Waals surface area (Å²) in [7, 11) is 0. The molecule has 0 aromatic heterocycles. The van der Waals surface area contributed by atoms with Crippen LogP contribution < -0.4 is 21.7 Å². The van der Waals surface area contributed by atoms with E-state index in [-0.39, 0.29) is 169 Å². The van der Waals surface area contributed by atoms with Crippen molar-refractivity contribution in [3.63, 3.8) is 0 Å². The number of carbonyl (C=O) groups is 8. The summed E-state index contributed by atoms with van der Waals surface area (Å²) in [6, 6.07) is -0.935. The first-order valence-corrected chi connectivity index (χ1v) is 25.0. The van der Waals surface area contributed by atoms with Gasteiger partial charge in [-0.2, -0.15) is 0 Å². The van der Waals surface area contributed by atoms with Crippen LogP contribution >= 0.6 is 0 Å². The third-order valence-corrected chi connectivity index (χ3v) is 17.1. The largest absolute Gasteiger partial charge is 0.480 e. The minimum absolute atomic E-state index is 0.000562. The molecule has 0 aromatic rings. The zero-order valence-corrected chi connectivity index (χ0v) is 41.1. The summed E-state index contributed by atoms with van der Waals surface area (Å²) >= 11 is 0. The number of amides is 4. The first kappa shape index (κ1) is 55.6. The number of primary amides is 1. The lowest BCUT2D eigenvalue weighted by molar-refractivity contribution is -0.202. The van der Waals surface area contributed by atoms with Gasteiger partial charge in [-0.15, -0.1) is 0 Å². The highest BCUT2D eigenvalue weighted by Crippen LogP contribution is 2.68. The lowest BCUT2D eigenvalue weighted by Crippen LogP contribution is -2.63. The fourth-order valence-electron chi connectivity index (χ4n) is 13.3. The molecule has 4 amide bonds. The molecule has 5 aliphatic rings. The molecule has 21 nitrogen and oxygen atoms in total. The molecule has 21 heteroatoms. The Bertz CT molecular complexity index is 1830. The van der Waals surface area contributed by atoms with E-state index in [0.717, 1.165) is 19.3 Å². The lowest BCUT2D eigenvalue weighted by Gasteiger charge is -2.63. The van der Waals surface area contributed by atoms with E-state index in [1.807, 2.05) is 0 Å². The van der Waals surface area contributed by atoms with E-state index in [4.69, 9.17) is 5.73 Å². The molecule has 0 aromatic carbocycles. The van der Waals surface area contributed by atoms with Gasteiger partial charge in [-0.05, 0) is 111 Å². The third kappa shape index (κ3) is 14.9. The fourth-order valence-corrected chi connectivity index (χ4v) is 13.3.